The Morgan fingerprint density at radius 1 is 1.29 bits per heavy atom. The molecule has 1 fully saturated rings. The van der Waals surface area contributed by atoms with Gasteiger partial charge < -0.3 is 9.64 Å². The van der Waals surface area contributed by atoms with Crippen LogP contribution in [0.2, 0.25) is 0 Å². The van der Waals surface area contributed by atoms with Crippen molar-refractivity contribution in [2.75, 3.05) is 25.1 Å². The molecule has 0 atom stereocenters. The standard InChI is InChI=1S/C12H18N2O2S/c1-16-11(15)10-9-13-12(17-10)14-7-5-3-2-4-6-8-14/h9H,2-8H2,1H3. The fourth-order valence-corrected chi connectivity index (χ4v) is 2.93. The van der Waals surface area contributed by atoms with Gasteiger partial charge in [0.05, 0.1) is 13.3 Å². The lowest BCUT2D eigenvalue weighted by Gasteiger charge is -2.23. The molecule has 4 nitrogen and oxygen atoms in total. The Balaban J connectivity index is 2.04. The van der Waals surface area contributed by atoms with Crippen molar-refractivity contribution in [1.82, 2.24) is 4.98 Å². The lowest BCUT2D eigenvalue weighted by atomic mass is 10.1. The third-order valence-electron chi connectivity index (χ3n) is 3.01. The zero-order valence-electron chi connectivity index (χ0n) is 10.1. The normalized spacial score (nSPS) is 17.4. The average Bonchev–Trinajstić information content (AvgIpc) is 2.77. The second kappa shape index (κ2) is 6.00. The monoisotopic (exact) mass is 254 g/mol. The molecular formula is C12H18N2O2S. The molecule has 2 rings (SSSR count). The van der Waals surface area contributed by atoms with Crippen LogP contribution in [0.5, 0.6) is 0 Å². The van der Waals surface area contributed by atoms with Gasteiger partial charge in [-0.3, -0.25) is 0 Å². The van der Waals surface area contributed by atoms with E-state index in [1.807, 2.05) is 0 Å². The highest BCUT2D eigenvalue weighted by Crippen LogP contribution is 2.25. The van der Waals surface area contributed by atoms with E-state index in [1.165, 1.54) is 50.6 Å². The summed E-state index contributed by atoms with van der Waals surface area (Å²) in [6.07, 6.45) is 7.99. The molecule has 1 saturated heterocycles. The number of ether oxygens (including phenoxy) is 1. The molecule has 1 aliphatic heterocycles. The molecular weight excluding hydrogens is 236 g/mol. The minimum absolute atomic E-state index is 0.291. The first-order chi connectivity index (χ1) is 8.31. The number of nitrogens with zero attached hydrogens (tertiary/aromatic N) is 2. The molecule has 2 heterocycles. The molecule has 0 unspecified atom stereocenters. The van der Waals surface area contributed by atoms with Crippen LogP contribution in [0, 0.1) is 0 Å². The highest BCUT2D eigenvalue weighted by Gasteiger charge is 2.16. The maximum Gasteiger partial charge on any atom is 0.349 e. The molecule has 0 N–H and O–H groups in total. The fraction of sp³-hybridized carbons (Fsp3) is 0.667. The molecule has 0 bridgehead atoms. The number of aromatic nitrogens is 1. The molecule has 1 aromatic rings. The molecule has 0 radical (unpaired) electrons. The number of anilines is 1. The van der Waals surface area contributed by atoms with Gasteiger partial charge in [-0.25, -0.2) is 9.78 Å². The molecule has 94 valence electrons. The van der Waals surface area contributed by atoms with E-state index in [2.05, 4.69) is 9.88 Å². The Kier molecular flexibility index (Phi) is 4.36. The number of carbonyl (C=O) groups excluding carboxylic acids is 1. The van der Waals surface area contributed by atoms with Crippen molar-refractivity contribution in [3.8, 4) is 0 Å². The zero-order valence-corrected chi connectivity index (χ0v) is 11.0. The number of carbonyl (C=O) groups is 1. The first-order valence-electron chi connectivity index (χ1n) is 6.10. The van der Waals surface area contributed by atoms with Crippen molar-refractivity contribution >= 4 is 22.4 Å². The molecule has 0 aliphatic carbocycles. The molecule has 17 heavy (non-hydrogen) atoms. The van der Waals surface area contributed by atoms with Crippen LogP contribution in [0.25, 0.3) is 0 Å². The van der Waals surface area contributed by atoms with Crippen molar-refractivity contribution in [2.24, 2.45) is 0 Å². The summed E-state index contributed by atoms with van der Waals surface area (Å²) < 4.78 is 4.69. The Hall–Kier alpha value is -1.10. The molecule has 0 spiro atoms. The summed E-state index contributed by atoms with van der Waals surface area (Å²) in [6, 6.07) is 0. The number of methoxy groups -OCH3 is 1. The number of rotatable bonds is 2. The SMILES string of the molecule is COC(=O)c1cnc(N2CCCCCCC2)s1. The van der Waals surface area contributed by atoms with Gasteiger partial charge in [-0.05, 0) is 12.8 Å². The third kappa shape index (κ3) is 3.19. The van der Waals surface area contributed by atoms with Crippen LogP contribution < -0.4 is 4.90 Å². The predicted molar refractivity (Wildman–Crippen MR) is 68.8 cm³/mol. The van der Waals surface area contributed by atoms with Gasteiger partial charge in [0.2, 0.25) is 0 Å². The second-order valence-electron chi connectivity index (χ2n) is 4.25. The smallest absolute Gasteiger partial charge is 0.349 e. The topological polar surface area (TPSA) is 42.4 Å². The molecule has 1 aliphatic rings. The van der Waals surface area contributed by atoms with Gasteiger partial charge in [0.25, 0.3) is 0 Å². The third-order valence-corrected chi connectivity index (χ3v) is 4.04. The van der Waals surface area contributed by atoms with E-state index in [0.29, 0.717) is 4.88 Å². The van der Waals surface area contributed by atoms with Crippen LogP contribution in [0.3, 0.4) is 0 Å². The summed E-state index contributed by atoms with van der Waals surface area (Å²) in [4.78, 5) is 18.6. The highest BCUT2D eigenvalue weighted by molar-refractivity contribution is 7.17. The van der Waals surface area contributed by atoms with E-state index in [1.54, 1.807) is 6.20 Å². The lowest BCUT2D eigenvalue weighted by Crippen LogP contribution is -2.26. The van der Waals surface area contributed by atoms with Crippen LogP contribution in [0.4, 0.5) is 5.13 Å². The van der Waals surface area contributed by atoms with Gasteiger partial charge in [-0.2, -0.15) is 0 Å². The summed E-state index contributed by atoms with van der Waals surface area (Å²) in [5, 5.41) is 0.951. The van der Waals surface area contributed by atoms with E-state index in [0.717, 1.165) is 18.2 Å². The van der Waals surface area contributed by atoms with Gasteiger partial charge in [-0.1, -0.05) is 30.6 Å². The predicted octanol–water partition coefficient (Wildman–Crippen LogP) is 2.70. The Morgan fingerprint density at radius 3 is 2.59 bits per heavy atom. The van der Waals surface area contributed by atoms with Crippen molar-refractivity contribution < 1.29 is 9.53 Å². The van der Waals surface area contributed by atoms with Gasteiger partial charge >= 0.3 is 5.97 Å². The second-order valence-corrected chi connectivity index (χ2v) is 5.26. The maximum atomic E-state index is 11.4. The summed E-state index contributed by atoms with van der Waals surface area (Å²) in [5.74, 6) is -0.291. The Bertz CT molecular complexity index is 370. The summed E-state index contributed by atoms with van der Waals surface area (Å²) in [7, 11) is 1.40. The maximum absolute atomic E-state index is 11.4. The molecule has 1 aromatic heterocycles. The number of hydrogen-bond acceptors (Lipinski definition) is 5. The highest BCUT2D eigenvalue weighted by atomic mass is 32.1. The van der Waals surface area contributed by atoms with Crippen molar-refractivity contribution in [3.63, 3.8) is 0 Å². The molecule has 0 saturated carbocycles. The fourth-order valence-electron chi connectivity index (χ4n) is 2.04. The molecule has 0 amide bonds. The first-order valence-corrected chi connectivity index (χ1v) is 6.92. The molecule has 5 heteroatoms. The van der Waals surface area contributed by atoms with Crippen molar-refractivity contribution in [1.29, 1.82) is 0 Å². The average molecular weight is 254 g/mol. The van der Waals surface area contributed by atoms with Gasteiger partial charge in [0, 0.05) is 13.1 Å². The zero-order chi connectivity index (χ0) is 12.1. The lowest BCUT2D eigenvalue weighted by molar-refractivity contribution is 0.0606. The van der Waals surface area contributed by atoms with E-state index < -0.39 is 0 Å². The quantitative estimate of drug-likeness (QED) is 0.761. The van der Waals surface area contributed by atoms with E-state index >= 15 is 0 Å². The van der Waals surface area contributed by atoms with E-state index in [-0.39, 0.29) is 5.97 Å². The Morgan fingerprint density at radius 2 is 1.94 bits per heavy atom. The van der Waals surface area contributed by atoms with Gasteiger partial charge in [0.1, 0.15) is 4.88 Å². The summed E-state index contributed by atoms with van der Waals surface area (Å²) in [6.45, 7) is 2.10. The molecule has 0 aromatic carbocycles. The number of thiazole rings is 1. The minimum atomic E-state index is -0.291. The van der Waals surface area contributed by atoms with Crippen molar-refractivity contribution in [2.45, 2.75) is 32.1 Å². The number of hydrogen-bond donors (Lipinski definition) is 0. The largest absolute Gasteiger partial charge is 0.465 e. The van der Waals surface area contributed by atoms with Crippen LogP contribution in [-0.4, -0.2) is 31.2 Å². The summed E-state index contributed by atoms with van der Waals surface area (Å²) >= 11 is 1.43. The van der Waals surface area contributed by atoms with Crippen LogP contribution in [0.15, 0.2) is 6.20 Å². The van der Waals surface area contributed by atoms with Crippen molar-refractivity contribution in [3.05, 3.63) is 11.1 Å². The number of esters is 1. The van der Waals surface area contributed by atoms with E-state index in [9.17, 15) is 4.79 Å². The van der Waals surface area contributed by atoms with Crippen LogP contribution in [-0.2, 0) is 4.74 Å². The van der Waals surface area contributed by atoms with Crippen LogP contribution >= 0.6 is 11.3 Å². The van der Waals surface area contributed by atoms with E-state index in [4.69, 9.17) is 4.74 Å². The van der Waals surface area contributed by atoms with Crippen LogP contribution in [0.1, 0.15) is 41.8 Å². The van der Waals surface area contributed by atoms with Gasteiger partial charge in [0.15, 0.2) is 5.13 Å². The Labute approximate surface area is 106 Å². The first kappa shape index (κ1) is 12.4. The summed E-state index contributed by atoms with van der Waals surface area (Å²) in [5.41, 5.74) is 0. The van der Waals surface area contributed by atoms with Gasteiger partial charge in [-0.15, -0.1) is 0 Å². The minimum Gasteiger partial charge on any atom is -0.465 e.